The fraction of sp³-hybridized carbons (Fsp3) is 0.909. The van der Waals surface area contributed by atoms with Crippen molar-refractivity contribution in [2.24, 2.45) is 0 Å². The first kappa shape index (κ1) is 16.9. The number of thioether (sulfide) groups is 1. The summed E-state index contributed by atoms with van der Waals surface area (Å²) in [5.41, 5.74) is 0. The third-order valence-corrected chi connectivity index (χ3v) is 3.72. The quantitative estimate of drug-likeness (QED) is 0.321. The van der Waals surface area contributed by atoms with E-state index in [4.69, 9.17) is 5.11 Å². The Morgan fingerprint density at radius 1 is 1.41 bits per heavy atom. The molecule has 0 aromatic rings. The summed E-state index contributed by atoms with van der Waals surface area (Å²) in [4.78, 5) is 10.7. The van der Waals surface area contributed by atoms with Gasteiger partial charge in [-0.25, -0.2) is 0 Å². The van der Waals surface area contributed by atoms with Gasteiger partial charge in [0.2, 0.25) is 0 Å². The van der Waals surface area contributed by atoms with Gasteiger partial charge in [0.1, 0.15) is 12.5 Å². The van der Waals surface area contributed by atoms with Gasteiger partial charge in [-0.15, -0.1) is 11.8 Å². The fourth-order valence-corrected chi connectivity index (χ4v) is 2.53. The number of carbonyl (C=O) groups is 1. The predicted molar refractivity (Wildman–Crippen MR) is 68.9 cm³/mol. The van der Waals surface area contributed by atoms with Crippen molar-refractivity contribution < 1.29 is 20.1 Å². The zero-order valence-corrected chi connectivity index (χ0v) is 11.2. The van der Waals surface area contributed by atoms with E-state index in [1.165, 1.54) is 11.8 Å². The molecule has 0 radical (unpaired) electrons. The molecule has 6 heteroatoms. The van der Waals surface area contributed by atoms with E-state index in [1.807, 2.05) is 6.92 Å². The van der Waals surface area contributed by atoms with Crippen LogP contribution in [0, 0.1) is 0 Å². The van der Waals surface area contributed by atoms with E-state index in [0.29, 0.717) is 18.6 Å². The number of rotatable bonds is 10. The van der Waals surface area contributed by atoms with Gasteiger partial charge in [-0.3, -0.25) is 5.32 Å². The lowest BCUT2D eigenvalue weighted by Gasteiger charge is -2.25. The highest BCUT2D eigenvalue weighted by Gasteiger charge is 2.20. The normalized spacial score (nSPS) is 18.4. The first-order valence-corrected chi connectivity index (χ1v) is 6.89. The number of carbonyl (C=O) groups excluding carboxylic acids is 1. The molecule has 0 fully saturated rings. The van der Waals surface area contributed by atoms with Crippen molar-refractivity contribution in [3.05, 3.63) is 0 Å². The van der Waals surface area contributed by atoms with Gasteiger partial charge in [-0.1, -0.05) is 6.92 Å². The molecule has 0 aliphatic rings. The summed E-state index contributed by atoms with van der Waals surface area (Å²) in [6.07, 6.45) is 0.542. The standard InChI is InChI=1S/C11H23NO4S/c1-3-11(16)10(12-8(2)15)7-17-9(6-14)4-5-13/h6,8-13,15-16H,3-5,7H2,1-2H3/t8-,9?,10?,11?/m0/s1. The number of nitrogens with one attached hydrogen (secondary N) is 1. The summed E-state index contributed by atoms with van der Waals surface area (Å²) in [6.45, 7) is 3.42. The Balaban J connectivity index is 4.17. The number of hydrogen-bond donors (Lipinski definition) is 4. The molecule has 5 nitrogen and oxygen atoms in total. The van der Waals surface area contributed by atoms with E-state index in [-0.39, 0.29) is 17.9 Å². The van der Waals surface area contributed by atoms with E-state index in [1.54, 1.807) is 6.92 Å². The van der Waals surface area contributed by atoms with Crippen LogP contribution in [-0.4, -0.2) is 57.6 Å². The summed E-state index contributed by atoms with van der Waals surface area (Å²) >= 11 is 1.38. The highest BCUT2D eigenvalue weighted by molar-refractivity contribution is 8.00. The van der Waals surface area contributed by atoms with Gasteiger partial charge in [0, 0.05) is 18.4 Å². The SMILES string of the molecule is CCC(O)C(CSC(C=O)CCO)N[C@H](C)O. The molecule has 0 spiro atoms. The number of aldehydes is 1. The molecule has 4 atom stereocenters. The zero-order valence-electron chi connectivity index (χ0n) is 10.4. The Labute approximate surface area is 107 Å². The van der Waals surface area contributed by atoms with Crippen LogP contribution < -0.4 is 5.32 Å². The molecule has 17 heavy (non-hydrogen) atoms. The van der Waals surface area contributed by atoms with Crippen molar-refractivity contribution in [1.29, 1.82) is 0 Å². The monoisotopic (exact) mass is 265 g/mol. The van der Waals surface area contributed by atoms with Crippen LogP contribution in [0.3, 0.4) is 0 Å². The Kier molecular flexibility index (Phi) is 9.76. The number of hydrogen-bond acceptors (Lipinski definition) is 6. The Bertz CT molecular complexity index is 204. The van der Waals surface area contributed by atoms with Crippen molar-refractivity contribution in [2.75, 3.05) is 12.4 Å². The smallest absolute Gasteiger partial charge is 0.133 e. The van der Waals surface area contributed by atoms with Gasteiger partial charge < -0.3 is 20.1 Å². The van der Waals surface area contributed by atoms with E-state index >= 15 is 0 Å². The van der Waals surface area contributed by atoms with Crippen LogP contribution in [0.5, 0.6) is 0 Å². The Morgan fingerprint density at radius 3 is 2.47 bits per heavy atom. The minimum absolute atomic E-state index is 0.0266. The summed E-state index contributed by atoms with van der Waals surface area (Å²) in [5.74, 6) is 0.517. The van der Waals surface area contributed by atoms with Crippen molar-refractivity contribution in [3.63, 3.8) is 0 Å². The van der Waals surface area contributed by atoms with Crippen LogP contribution in [0.25, 0.3) is 0 Å². The average Bonchev–Trinajstić information content (AvgIpc) is 2.31. The molecule has 0 bridgehead atoms. The maximum atomic E-state index is 10.7. The van der Waals surface area contributed by atoms with E-state index in [2.05, 4.69) is 5.32 Å². The second-order valence-electron chi connectivity index (χ2n) is 3.94. The molecule has 0 aliphatic carbocycles. The third kappa shape index (κ3) is 7.72. The van der Waals surface area contributed by atoms with Gasteiger partial charge in [-0.2, -0.15) is 0 Å². The lowest BCUT2D eigenvalue weighted by atomic mass is 10.1. The topological polar surface area (TPSA) is 89.8 Å². The average molecular weight is 265 g/mol. The minimum Gasteiger partial charge on any atom is -0.396 e. The predicted octanol–water partition coefficient (Wildman–Crippen LogP) is -0.263. The summed E-state index contributed by atoms with van der Waals surface area (Å²) < 4.78 is 0. The molecule has 0 aromatic carbocycles. The van der Waals surface area contributed by atoms with Crippen molar-refractivity contribution in [2.45, 2.75) is 50.3 Å². The van der Waals surface area contributed by atoms with Gasteiger partial charge in [0.15, 0.2) is 0 Å². The number of aliphatic hydroxyl groups is 3. The molecule has 4 N–H and O–H groups in total. The summed E-state index contributed by atoms with van der Waals surface area (Å²) in [6, 6.07) is -0.258. The maximum Gasteiger partial charge on any atom is 0.133 e. The molecule has 3 unspecified atom stereocenters. The van der Waals surface area contributed by atoms with Crippen LogP contribution in [0.1, 0.15) is 26.7 Å². The molecule has 0 saturated heterocycles. The Hall–Kier alpha value is -0.140. The van der Waals surface area contributed by atoms with Gasteiger partial charge in [0.05, 0.1) is 11.4 Å². The second kappa shape index (κ2) is 9.85. The zero-order chi connectivity index (χ0) is 13.3. The third-order valence-electron chi connectivity index (χ3n) is 2.39. The highest BCUT2D eigenvalue weighted by atomic mass is 32.2. The summed E-state index contributed by atoms with van der Waals surface area (Å²) in [7, 11) is 0. The van der Waals surface area contributed by atoms with Gasteiger partial charge in [0.25, 0.3) is 0 Å². The highest BCUT2D eigenvalue weighted by Crippen LogP contribution is 2.16. The first-order valence-electron chi connectivity index (χ1n) is 5.85. The molecular formula is C11H23NO4S. The van der Waals surface area contributed by atoms with Crippen LogP contribution in [0.15, 0.2) is 0 Å². The van der Waals surface area contributed by atoms with Crippen LogP contribution in [0.4, 0.5) is 0 Å². The van der Waals surface area contributed by atoms with Crippen molar-refractivity contribution in [3.8, 4) is 0 Å². The molecule has 0 heterocycles. The summed E-state index contributed by atoms with van der Waals surface area (Å²) in [5, 5.41) is 30.4. The lowest BCUT2D eigenvalue weighted by Crippen LogP contribution is -2.46. The molecular weight excluding hydrogens is 242 g/mol. The molecule has 102 valence electrons. The van der Waals surface area contributed by atoms with Crippen LogP contribution >= 0.6 is 11.8 Å². The van der Waals surface area contributed by atoms with Crippen LogP contribution in [0.2, 0.25) is 0 Å². The molecule has 0 saturated carbocycles. The van der Waals surface area contributed by atoms with E-state index in [0.717, 1.165) is 6.29 Å². The fourth-order valence-electron chi connectivity index (χ4n) is 1.41. The Morgan fingerprint density at radius 2 is 2.06 bits per heavy atom. The maximum absolute atomic E-state index is 10.7. The van der Waals surface area contributed by atoms with E-state index in [9.17, 15) is 15.0 Å². The van der Waals surface area contributed by atoms with Crippen molar-refractivity contribution >= 4 is 18.0 Å². The van der Waals surface area contributed by atoms with E-state index < -0.39 is 12.3 Å². The van der Waals surface area contributed by atoms with Crippen LogP contribution in [-0.2, 0) is 4.79 Å². The lowest BCUT2D eigenvalue weighted by molar-refractivity contribution is -0.107. The first-order chi connectivity index (χ1) is 8.04. The molecule has 0 aromatic heterocycles. The van der Waals surface area contributed by atoms with Gasteiger partial charge in [-0.05, 0) is 19.8 Å². The van der Waals surface area contributed by atoms with Crippen molar-refractivity contribution in [1.82, 2.24) is 5.32 Å². The minimum atomic E-state index is -0.700. The molecule has 0 aliphatic heterocycles. The molecule has 0 rings (SSSR count). The largest absolute Gasteiger partial charge is 0.396 e. The number of aliphatic hydroxyl groups excluding tert-OH is 3. The van der Waals surface area contributed by atoms with Gasteiger partial charge >= 0.3 is 0 Å². The second-order valence-corrected chi connectivity index (χ2v) is 5.22. The molecule has 0 amide bonds.